The van der Waals surface area contributed by atoms with Gasteiger partial charge in [0.15, 0.2) is 0 Å². The van der Waals surface area contributed by atoms with Gasteiger partial charge in [-0.2, -0.15) is 0 Å². The zero-order valence-corrected chi connectivity index (χ0v) is 9.44. The Morgan fingerprint density at radius 2 is 2.40 bits per heavy atom. The number of hydrogen-bond acceptors (Lipinski definition) is 2. The lowest BCUT2D eigenvalue weighted by Crippen LogP contribution is -2.35. The molecule has 1 amide bonds. The summed E-state index contributed by atoms with van der Waals surface area (Å²) in [5.41, 5.74) is 0. The average Bonchev–Trinajstić information content (AvgIpc) is 2.28. The molecule has 1 rings (SSSR count). The van der Waals surface area contributed by atoms with E-state index in [1.54, 1.807) is 6.92 Å². The van der Waals surface area contributed by atoms with E-state index in [2.05, 4.69) is 22.5 Å². The van der Waals surface area contributed by atoms with Crippen molar-refractivity contribution in [3.05, 3.63) is 0 Å². The lowest BCUT2D eigenvalue weighted by Gasteiger charge is -2.22. The van der Waals surface area contributed by atoms with Gasteiger partial charge in [0.25, 0.3) is 0 Å². The highest BCUT2D eigenvalue weighted by Gasteiger charge is 2.13. The predicted molar refractivity (Wildman–Crippen MR) is 61.3 cm³/mol. The van der Waals surface area contributed by atoms with E-state index in [1.807, 2.05) is 0 Å². The summed E-state index contributed by atoms with van der Waals surface area (Å²) in [5, 5.41) is 6.22. The Morgan fingerprint density at radius 3 is 3.07 bits per heavy atom. The van der Waals surface area contributed by atoms with Gasteiger partial charge in [-0.3, -0.25) is 4.79 Å². The second-order valence-electron chi connectivity index (χ2n) is 3.89. The Balaban J connectivity index is 2.06. The van der Waals surface area contributed by atoms with E-state index >= 15 is 0 Å². The SMILES string of the molecule is CC#CCNC(=O)CCC1CCCCN1. The van der Waals surface area contributed by atoms with Crippen LogP contribution in [0.2, 0.25) is 0 Å². The van der Waals surface area contributed by atoms with Crippen molar-refractivity contribution in [2.24, 2.45) is 0 Å². The quantitative estimate of drug-likeness (QED) is 0.678. The maximum Gasteiger partial charge on any atom is 0.220 e. The molecule has 3 heteroatoms. The van der Waals surface area contributed by atoms with E-state index in [0.717, 1.165) is 13.0 Å². The van der Waals surface area contributed by atoms with Crippen molar-refractivity contribution in [1.29, 1.82) is 0 Å². The van der Waals surface area contributed by atoms with Crippen LogP contribution >= 0.6 is 0 Å². The molecule has 84 valence electrons. The highest BCUT2D eigenvalue weighted by molar-refractivity contribution is 5.76. The molecule has 0 aromatic heterocycles. The topological polar surface area (TPSA) is 41.1 Å². The summed E-state index contributed by atoms with van der Waals surface area (Å²) < 4.78 is 0. The number of nitrogens with one attached hydrogen (secondary N) is 2. The summed E-state index contributed by atoms with van der Waals surface area (Å²) in [6.07, 6.45) is 5.34. The van der Waals surface area contributed by atoms with E-state index in [0.29, 0.717) is 19.0 Å². The Hall–Kier alpha value is -1.01. The molecule has 1 aliphatic rings. The summed E-state index contributed by atoms with van der Waals surface area (Å²) in [6.45, 7) is 3.36. The first-order valence-electron chi connectivity index (χ1n) is 5.72. The molecule has 1 saturated heterocycles. The smallest absolute Gasteiger partial charge is 0.220 e. The Labute approximate surface area is 92.0 Å². The third-order valence-corrected chi connectivity index (χ3v) is 2.68. The molecule has 0 radical (unpaired) electrons. The highest BCUT2D eigenvalue weighted by atomic mass is 16.1. The molecular weight excluding hydrogens is 188 g/mol. The molecule has 15 heavy (non-hydrogen) atoms. The zero-order valence-electron chi connectivity index (χ0n) is 9.44. The molecule has 0 aromatic carbocycles. The van der Waals surface area contributed by atoms with Crippen LogP contribution in [0, 0.1) is 11.8 Å². The van der Waals surface area contributed by atoms with Crippen molar-refractivity contribution in [3.8, 4) is 11.8 Å². The molecule has 1 unspecified atom stereocenters. The number of amides is 1. The molecule has 1 aliphatic heterocycles. The fraction of sp³-hybridized carbons (Fsp3) is 0.750. The fourth-order valence-corrected chi connectivity index (χ4v) is 1.80. The highest BCUT2D eigenvalue weighted by Crippen LogP contribution is 2.11. The van der Waals surface area contributed by atoms with Crippen LogP contribution in [0.3, 0.4) is 0 Å². The first kappa shape index (κ1) is 12.1. The van der Waals surface area contributed by atoms with Crippen molar-refractivity contribution >= 4 is 5.91 Å². The van der Waals surface area contributed by atoms with Crippen LogP contribution in [-0.2, 0) is 4.79 Å². The van der Waals surface area contributed by atoms with Crippen LogP contribution in [0.1, 0.15) is 39.0 Å². The van der Waals surface area contributed by atoms with Gasteiger partial charge in [-0.05, 0) is 32.7 Å². The van der Waals surface area contributed by atoms with Crippen molar-refractivity contribution in [2.75, 3.05) is 13.1 Å². The minimum atomic E-state index is 0.116. The Bertz CT molecular complexity index is 246. The molecule has 3 nitrogen and oxygen atoms in total. The molecule has 0 bridgehead atoms. The standard InChI is InChI=1S/C12H20N2O/c1-2-3-9-14-12(15)8-7-11-6-4-5-10-13-11/h11,13H,4-10H2,1H3,(H,14,15). The van der Waals surface area contributed by atoms with Gasteiger partial charge in [0.05, 0.1) is 6.54 Å². The summed E-state index contributed by atoms with van der Waals surface area (Å²) >= 11 is 0. The van der Waals surface area contributed by atoms with Gasteiger partial charge in [0, 0.05) is 12.5 Å². The van der Waals surface area contributed by atoms with E-state index in [1.165, 1.54) is 19.3 Å². The van der Waals surface area contributed by atoms with Gasteiger partial charge in [0.2, 0.25) is 5.91 Å². The van der Waals surface area contributed by atoms with Gasteiger partial charge >= 0.3 is 0 Å². The lowest BCUT2D eigenvalue weighted by molar-refractivity contribution is -0.121. The second kappa shape index (κ2) is 7.30. The van der Waals surface area contributed by atoms with Gasteiger partial charge in [-0.25, -0.2) is 0 Å². The van der Waals surface area contributed by atoms with Crippen molar-refractivity contribution in [2.45, 2.75) is 45.1 Å². The number of carbonyl (C=O) groups is 1. The Kier molecular flexibility index (Phi) is 5.87. The molecule has 0 aliphatic carbocycles. The molecule has 1 heterocycles. The number of rotatable bonds is 4. The van der Waals surface area contributed by atoms with Crippen molar-refractivity contribution < 1.29 is 4.79 Å². The number of carbonyl (C=O) groups excluding carboxylic acids is 1. The molecule has 1 atom stereocenters. The van der Waals surface area contributed by atoms with E-state index < -0.39 is 0 Å². The summed E-state index contributed by atoms with van der Waals surface area (Å²) in [4.78, 5) is 11.4. The van der Waals surface area contributed by atoms with E-state index in [4.69, 9.17) is 0 Å². The van der Waals surface area contributed by atoms with Gasteiger partial charge in [-0.15, -0.1) is 5.92 Å². The second-order valence-corrected chi connectivity index (χ2v) is 3.89. The monoisotopic (exact) mass is 208 g/mol. The van der Waals surface area contributed by atoms with Crippen LogP contribution in [0.25, 0.3) is 0 Å². The lowest BCUT2D eigenvalue weighted by atomic mass is 10.0. The maximum atomic E-state index is 11.4. The van der Waals surface area contributed by atoms with Crippen molar-refractivity contribution in [1.82, 2.24) is 10.6 Å². The molecule has 0 spiro atoms. The van der Waals surface area contributed by atoms with Crippen molar-refractivity contribution in [3.63, 3.8) is 0 Å². The molecule has 0 aromatic rings. The van der Waals surface area contributed by atoms with Gasteiger partial charge < -0.3 is 10.6 Å². The van der Waals surface area contributed by atoms with Gasteiger partial charge in [0.1, 0.15) is 0 Å². The zero-order chi connectivity index (χ0) is 10.9. The minimum absolute atomic E-state index is 0.116. The molecule has 1 fully saturated rings. The normalized spacial score (nSPS) is 20.2. The number of hydrogen-bond donors (Lipinski definition) is 2. The number of piperidine rings is 1. The first-order valence-corrected chi connectivity index (χ1v) is 5.72. The first-order chi connectivity index (χ1) is 7.33. The fourth-order valence-electron chi connectivity index (χ4n) is 1.80. The maximum absolute atomic E-state index is 11.4. The van der Waals surface area contributed by atoms with E-state index in [-0.39, 0.29) is 5.91 Å². The Morgan fingerprint density at radius 1 is 1.53 bits per heavy atom. The predicted octanol–water partition coefficient (Wildman–Crippen LogP) is 1.05. The van der Waals surface area contributed by atoms with Crippen LogP contribution < -0.4 is 10.6 Å². The van der Waals surface area contributed by atoms with E-state index in [9.17, 15) is 4.79 Å². The largest absolute Gasteiger partial charge is 0.345 e. The molecule has 2 N–H and O–H groups in total. The van der Waals surface area contributed by atoms with Crippen LogP contribution in [0.4, 0.5) is 0 Å². The molecular formula is C12H20N2O. The summed E-state index contributed by atoms with van der Waals surface area (Å²) in [6, 6.07) is 0.543. The summed E-state index contributed by atoms with van der Waals surface area (Å²) in [5.74, 6) is 5.69. The average molecular weight is 208 g/mol. The third-order valence-electron chi connectivity index (χ3n) is 2.68. The van der Waals surface area contributed by atoms with Crippen LogP contribution in [0.5, 0.6) is 0 Å². The van der Waals surface area contributed by atoms with Gasteiger partial charge in [-0.1, -0.05) is 12.3 Å². The summed E-state index contributed by atoms with van der Waals surface area (Å²) in [7, 11) is 0. The third kappa shape index (κ3) is 5.44. The van der Waals surface area contributed by atoms with Crippen LogP contribution in [0.15, 0.2) is 0 Å². The molecule has 0 saturated carbocycles. The van der Waals surface area contributed by atoms with Crippen LogP contribution in [-0.4, -0.2) is 25.0 Å². The minimum Gasteiger partial charge on any atom is -0.345 e.